The van der Waals surface area contributed by atoms with Gasteiger partial charge in [-0.15, -0.1) is 0 Å². The van der Waals surface area contributed by atoms with Gasteiger partial charge in [0.2, 0.25) is 5.95 Å². The summed E-state index contributed by atoms with van der Waals surface area (Å²) in [4.78, 5) is 14.1. The summed E-state index contributed by atoms with van der Waals surface area (Å²) >= 11 is 0. The van der Waals surface area contributed by atoms with Gasteiger partial charge >= 0.3 is 5.97 Å². The molecule has 2 atom stereocenters. The highest BCUT2D eigenvalue weighted by Gasteiger charge is 2.27. The van der Waals surface area contributed by atoms with Crippen LogP contribution in [0.2, 0.25) is 0 Å². The Morgan fingerprint density at radius 2 is 2.18 bits per heavy atom. The van der Waals surface area contributed by atoms with E-state index in [0.717, 1.165) is 6.20 Å². The lowest BCUT2D eigenvalue weighted by molar-refractivity contribution is -0.159. The molecule has 0 radical (unpaired) electrons. The first-order valence-electron chi connectivity index (χ1n) is 4.81. The summed E-state index contributed by atoms with van der Waals surface area (Å²) in [6.07, 6.45) is -2.77. The van der Waals surface area contributed by atoms with Crippen LogP contribution in [0.1, 0.15) is 18.6 Å². The normalized spacial score (nSPS) is 14.2. The number of carbonyl (C=O) groups is 1. The summed E-state index contributed by atoms with van der Waals surface area (Å²) in [5.41, 5.74) is -0.218. The number of esters is 1. The van der Waals surface area contributed by atoms with Crippen LogP contribution in [-0.4, -0.2) is 33.9 Å². The van der Waals surface area contributed by atoms with Crippen LogP contribution in [0, 0.1) is 11.8 Å². The van der Waals surface area contributed by atoms with E-state index in [1.165, 1.54) is 6.92 Å². The molecule has 0 aromatic carbocycles. The van der Waals surface area contributed by atoms with Gasteiger partial charge in [-0.3, -0.25) is 0 Å². The summed E-state index contributed by atoms with van der Waals surface area (Å²) < 4.78 is 29.8. The molecule has 17 heavy (non-hydrogen) atoms. The van der Waals surface area contributed by atoms with Crippen molar-refractivity contribution in [1.29, 1.82) is 0 Å². The molecule has 1 heterocycles. The van der Waals surface area contributed by atoms with Crippen LogP contribution in [0.25, 0.3) is 0 Å². The monoisotopic (exact) mass is 247 g/mol. The molecule has 0 bridgehead atoms. The molecular formula is C10H11F2NO4. The number of pyridine rings is 1. The van der Waals surface area contributed by atoms with E-state index < -0.39 is 29.9 Å². The van der Waals surface area contributed by atoms with Crippen LogP contribution in [-0.2, 0) is 9.53 Å². The molecule has 94 valence electrons. The number of aliphatic hydroxyl groups excluding tert-OH is 2. The molecule has 7 heteroatoms. The summed E-state index contributed by atoms with van der Waals surface area (Å²) in [5.74, 6) is -3.66. The second kappa shape index (κ2) is 5.65. The standard InChI is InChI=1S/C10H11F2NO4/c1-2-17-10(16)8(15)7(14)5-3-6(11)9(12)13-4-5/h3-4,7-8,14-15H,2H2,1H3. The maximum Gasteiger partial charge on any atom is 0.338 e. The minimum Gasteiger partial charge on any atom is -0.464 e. The molecule has 0 fully saturated rings. The predicted octanol–water partition coefficient (Wildman–Crippen LogP) is 0.317. The maximum absolute atomic E-state index is 12.8. The van der Waals surface area contributed by atoms with Crippen LogP contribution < -0.4 is 0 Å². The lowest BCUT2D eigenvalue weighted by atomic mass is 10.1. The average molecular weight is 247 g/mol. The van der Waals surface area contributed by atoms with E-state index in [0.29, 0.717) is 6.07 Å². The molecule has 5 nitrogen and oxygen atoms in total. The maximum atomic E-state index is 12.8. The fourth-order valence-electron chi connectivity index (χ4n) is 1.14. The number of ether oxygens (including phenoxy) is 1. The Hall–Kier alpha value is -1.60. The van der Waals surface area contributed by atoms with E-state index in [4.69, 9.17) is 0 Å². The Labute approximate surface area is 95.7 Å². The Bertz CT molecular complexity index is 413. The Morgan fingerprint density at radius 1 is 1.53 bits per heavy atom. The number of rotatable bonds is 4. The van der Waals surface area contributed by atoms with Crippen molar-refractivity contribution >= 4 is 5.97 Å². The second-order valence-corrected chi connectivity index (χ2v) is 3.18. The number of aliphatic hydroxyl groups is 2. The first-order valence-corrected chi connectivity index (χ1v) is 4.81. The van der Waals surface area contributed by atoms with Crippen molar-refractivity contribution in [3.05, 3.63) is 29.6 Å². The molecule has 2 unspecified atom stereocenters. The molecule has 0 aliphatic heterocycles. The van der Waals surface area contributed by atoms with Gasteiger partial charge in [0, 0.05) is 11.8 Å². The van der Waals surface area contributed by atoms with Crippen molar-refractivity contribution in [3.63, 3.8) is 0 Å². The molecule has 0 saturated carbocycles. The Balaban J connectivity index is 2.84. The molecule has 1 rings (SSSR count). The van der Waals surface area contributed by atoms with E-state index in [9.17, 15) is 23.8 Å². The smallest absolute Gasteiger partial charge is 0.338 e. The molecule has 0 aliphatic rings. The summed E-state index contributed by atoms with van der Waals surface area (Å²) in [7, 11) is 0. The molecular weight excluding hydrogens is 236 g/mol. The van der Waals surface area contributed by atoms with Crippen LogP contribution in [0.4, 0.5) is 8.78 Å². The van der Waals surface area contributed by atoms with Crippen molar-refractivity contribution in [2.45, 2.75) is 19.1 Å². The fourth-order valence-corrected chi connectivity index (χ4v) is 1.14. The van der Waals surface area contributed by atoms with Crippen molar-refractivity contribution in [1.82, 2.24) is 4.98 Å². The van der Waals surface area contributed by atoms with E-state index in [-0.39, 0.29) is 12.2 Å². The van der Waals surface area contributed by atoms with Crippen LogP contribution in [0.15, 0.2) is 12.3 Å². The SMILES string of the molecule is CCOC(=O)C(O)C(O)c1cnc(F)c(F)c1. The highest BCUT2D eigenvalue weighted by Crippen LogP contribution is 2.18. The van der Waals surface area contributed by atoms with Gasteiger partial charge in [-0.25, -0.2) is 14.2 Å². The number of hydrogen-bond acceptors (Lipinski definition) is 5. The number of hydrogen-bond donors (Lipinski definition) is 2. The van der Waals surface area contributed by atoms with Gasteiger partial charge < -0.3 is 14.9 Å². The summed E-state index contributed by atoms with van der Waals surface area (Å²) in [6, 6.07) is 0.648. The van der Waals surface area contributed by atoms with Crippen molar-refractivity contribution < 1.29 is 28.5 Å². The van der Waals surface area contributed by atoms with Gasteiger partial charge in [-0.2, -0.15) is 4.39 Å². The lowest BCUT2D eigenvalue weighted by Gasteiger charge is -2.16. The minimum absolute atomic E-state index is 0.0264. The molecule has 1 aromatic rings. The molecule has 2 N–H and O–H groups in total. The molecule has 0 spiro atoms. The number of aromatic nitrogens is 1. The zero-order chi connectivity index (χ0) is 13.0. The zero-order valence-electron chi connectivity index (χ0n) is 8.93. The highest BCUT2D eigenvalue weighted by atomic mass is 19.2. The number of carbonyl (C=O) groups excluding carboxylic acids is 1. The predicted molar refractivity (Wildman–Crippen MR) is 51.8 cm³/mol. The van der Waals surface area contributed by atoms with Crippen molar-refractivity contribution in [2.75, 3.05) is 6.61 Å². The fraction of sp³-hybridized carbons (Fsp3) is 0.400. The second-order valence-electron chi connectivity index (χ2n) is 3.18. The van der Waals surface area contributed by atoms with Gasteiger partial charge in [-0.1, -0.05) is 0 Å². The minimum atomic E-state index is -1.87. The van der Waals surface area contributed by atoms with Gasteiger partial charge in [-0.05, 0) is 13.0 Å². The van der Waals surface area contributed by atoms with Gasteiger partial charge in [0.15, 0.2) is 11.9 Å². The van der Waals surface area contributed by atoms with Crippen LogP contribution in [0.5, 0.6) is 0 Å². The third-order valence-electron chi connectivity index (χ3n) is 1.99. The number of halogens is 2. The van der Waals surface area contributed by atoms with E-state index in [1.54, 1.807) is 0 Å². The third-order valence-corrected chi connectivity index (χ3v) is 1.99. The topological polar surface area (TPSA) is 79.7 Å². The number of nitrogens with zero attached hydrogens (tertiary/aromatic N) is 1. The van der Waals surface area contributed by atoms with E-state index in [2.05, 4.69) is 9.72 Å². The summed E-state index contributed by atoms with van der Waals surface area (Å²) in [5, 5.41) is 18.9. The molecule has 0 amide bonds. The van der Waals surface area contributed by atoms with E-state index >= 15 is 0 Å². The van der Waals surface area contributed by atoms with Gasteiger partial charge in [0.25, 0.3) is 0 Å². The van der Waals surface area contributed by atoms with E-state index in [1.807, 2.05) is 0 Å². The third kappa shape index (κ3) is 3.18. The first-order chi connectivity index (χ1) is 7.97. The largest absolute Gasteiger partial charge is 0.464 e. The lowest BCUT2D eigenvalue weighted by Crippen LogP contribution is -2.30. The quantitative estimate of drug-likeness (QED) is 0.591. The van der Waals surface area contributed by atoms with Crippen LogP contribution in [0.3, 0.4) is 0 Å². The van der Waals surface area contributed by atoms with Gasteiger partial charge in [0.05, 0.1) is 6.61 Å². The molecule has 1 aromatic heterocycles. The molecule has 0 saturated heterocycles. The average Bonchev–Trinajstić information content (AvgIpc) is 2.31. The highest BCUT2D eigenvalue weighted by molar-refractivity contribution is 5.75. The van der Waals surface area contributed by atoms with Crippen molar-refractivity contribution in [3.8, 4) is 0 Å². The van der Waals surface area contributed by atoms with Crippen LogP contribution >= 0.6 is 0 Å². The zero-order valence-corrected chi connectivity index (χ0v) is 8.93. The molecule has 0 aliphatic carbocycles. The Kier molecular flexibility index (Phi) is 4.47. The van der Waals surface area contributed by atoms with Crippen molar-refractivity contribution in [2.24, 2.45) is 0 Å². The van der Waals surface area contributed by atoms with Gasteiger partial charge in [0.1, 0.15) is 6.10 Å². The Morgan fingerprint density at radius 3 is 2.71 bits per heavy atom. The summed E-state index contributed by atoms with van der Waals surface area (Å²) in [6.45, 7) is 1.55. The first kappa shape index (κ1) is 13.5.